The highest BCUT2D eigenvalue weighted by Crippen LogP contribution is 2.58. The first-order chi connectivity index (χ1) is 32.5. The van der Waals surface area contributed by atoms with Crippen molar-refractivity contribution >= 4 is 64.1 Å². The number of carbonyl (C=O) groups excluding carboxylic acids is 5. The predicted octanol–water partition coefficient (Wildman–Crippen LogP) is 8.06. The van der Waals surface area contributed by atoms with Crippen LogP contribution < -0.4 is 26.0 Å². The summed E-state index contributed by atoms with van der Waals surface area (Å²) in [5.41, 5.74) is 4.01. The molecule has 0 bridgehead atoms. The predicted molar refractivity (Wildman–Crippen MR) is 257 cm³/mol. The smallest absolute Gasteiger partial charge is 0.255 e. The van der Waals surface area contributed by atoms with Crippen molar-refractivity contribution in [3.63, 3.8) is 0 Å². The molecule has 10 rings (SSSR count). The van der Waals surface area contributed by atoms with Gasteiger partial charge in [-0.25, -0.2) is 4.39 Å². The van der Waals surface area contributed by atoms with Gasteiger partial charge in [0.05, 0.1) is 23.9 Å². The zero-order valence-electron chi connectivity index (χ0n) is 38.4. The van der Waals surface area contributed by atoms with Crippen LogP contribution in [0.5, 0.6) is 5.75 Å². The van der Waals surface area contributed by atoms with Gasteiger partial charge in [-0.2, -0.15) is 0 Å². The Bertz CT molecular complexity index is 2870. The van der Waals surface area contributed by atoms with E-state index in [0.29, 0.717) is 65.6 Å². The normalized spacial score (nSPS) is 27.0. The molecule has 12 nitrogen and oxygen atoms in total. The molecule has 5 amide bonds. The SMILES string of the molecule is COc1cc(C(=O)N2CCC[C@@]3(C[C@H]3C#Cc3ccc4c(c3)CN(C3CCC(=O)NC3=O)C4=O)C2)ccc1NC(=O)[C@@H]1N[C@@H](CC(C)(C)C)[C@@]2(CNc3cc(Cl)ccc32)[C@H]1c1cccc(Cl)c1F. The molecule has 4 aromatic rings. The quantitative estimate of drug-likeness (QED) is 0.108. The molecular weight excluding hydrogens is 907 g/mol. The molecule has 3 saturated heterocycles. The number of piperidine rings is 2. The second-order valence-corrected chi connectivity index (χ2v) is 21.4. The number of benzene rings is 4. The summed E-state index contributed by atoms with van der Waals surface area (Å²) in [6, 6.07) is 19.3. The molecule has 4 N–H and O–H groups in total. The van der Waals surface area contributed by atoms with Crippen molar-refractivity contribution in [2.24, 2.45) is 16.7 Å². The molecule has 1 aliphatic carbocycles. The summed E-state index contributed by atoms with van der Waals surface area (Å²) in [5, 5.41) is 13.2. The Hall–Kier alpha value is -5.94. The Morgan fingerprint density at radius 3 is 2.63 bits per heavy atom. The third-order valence-electron chi connectivity index (χ3n) is 15.1. The van der Waals surface area contributed by atoms with Crippen LogP contribution in [0, 0.1) is 34.4 Å². The highest BCUT2D eigenvalue weighted by Gasteiger charge is 2.62. The third-order valence-corrected chi connectivity index (χ3v) is 15.6. The van der Waals surface area contributed by atoms with Gasteiger partial charge in [-0.3, -0.25) is 29.3 Å². The minimum atomic E-state index is -0.897. The van der Waals surface area contributed by atoms with Gasteiger partial charge >= 0.3 is 0 Å². The van der Waals surface area contributed by atoms with Gasteiger partial charge in [0.15, 0.2) is 0 Å². The Kier molecular flexibility index (Phi) is 11.6. The fraction of sp³-hybridized carbons (Fsp3) is 0.415. The number of likely N-dealkylation sites (tertiary alicyclic amines) is 1. The molecule has 5 heterocycles. The van der Waals surface area contributed by atoms with Crippen molar-refractivity contribution in [2.45, 2.75) is 95.3 Å². The number of anilines is 2. The van der Waals surface area contributed by atoms with Crippen LogP contribution >= 0.6 is 23.2 Å². The third kappa shape index (κ3) is 8.08. The maximum Gasteiger partial charge on any atom is 0.255 e. The maximum atomic E-state index is 16.3. The van der Waals surface area contributed by atoms with E-state index in [1.54, 1.807) is 36.4 Å². The number of hydrogen-bond acceptors (Lipinski definition) is 8. The highest BCUT2D eigenvalue weighted by molar-refractivity contribution is 6.31. The second-order valence-electron chi connectivity index (χ2n) is 20.6. The van der Waals surface area contributed by atoms with Crippen molar-refractivity contribution in [2.75, 3.05) is 37.4 Å². The summed E-state index contributed by atoms with van der Waals surface area (Å²) in [7, 11) is 1.49. The number of fused-ring (bicyclic) bond motifs is 3. The van der Waals surface area contributed by atoms with E-state index in [0.717, 1.165) is 41.6 Å². The van der Waals surface area contributed by atoms with Crippen LogP contribution in [0.3, 0.4) is 0 Å². The minimum Gasteiger partial charge on any atom is -0.495 e. The highest BCUT2D eigenvalue weighted by atomic mass is 35.5. The fourth-order valence-corrected chi connectivity index (χ4v) is 12.1. The first-order valence-electron chi connectivity index (χ1n) is 23.3. The van der Waals surface area contributed by atoms with Crippen LogP contribution in [0.15, 0.2) is 72.8 Å². The molecule has 5 aliphatic heterocycles. The number of imide groups is 1. The molecule has 1 saturated carbocycles. The first-order valence-corrected chi connectivity index (χ1v) is 24.1. The lowest BCUT2D eigenvalue weighted by Gasteiger charge is -2.39. The lowest BCUT2D eigenvalue weighted by atomic mass is 9.63. The zero-order valence-corrected chi connectivity index (χ0v) is 39.9. The standard InChI is InChI=1S/C53H53Cl2FN6O6/c1-51(2,3)25-42-53(27-57-39-23-33(54)13-15-36(39)53)44(35-7-5-8-37(55)45(35)56)46(59-42)48(65)58-38-16-11-30(22-41(38)68-4)49(66)61-20-6-19-52(28-61)24-32(52)12-9-29-10-14-34-31(21-29)26-62(50(34)67)40-17-18-43(63)60-47(40)64/h5,7-8,10-11,13-16,21-23,32,40,42,44,46,57,59H,6,17-20,24-28H2,1-4H3,(H,58,65)(H,60,63,64)/t32-,40?,42+,44+,46-,52-,53+/m1/s1. The number of hydrogen-bond donors (Lipinski definition) is 4. The molecule has 4 fully saturated rings. The van der Waals surface area contributed by atoms with E-state index in [1.165, 1.54) is 18.1 Å². The summed E-state index contributed by atoms with van der Waals surface area (Å²) in [6.45, 7) is 8.32. The van der Waals surface area contributed by atoms with Gasteiger partial charge in [0, 0.05) is 88.7 Å². The van der Waals surface area contributed by atoms with Crippen molar-refractivity contribution in [3.8, 4) is 17.6 Å². The summed E-state index contributed by atoms with van der Waals surface area (Å²) in [5.74, 6) is 4.42. The van der Waals surface area contributed by atoms with Gasteiger partial charge in [0.1, 0.15) is 17.6 Å². The van der Waals surface area contributed by atoms with E-state index in [2.05, 4.69) is 53.9 Å². The molecule has 15 heteroatoms. The number of carbonyl (C=O) groups is 5. The minimum absolute atomic E-state index is 0.0255. The lowest BCUT2D eigenvalue weighted by molar-refractivity contribution is -0.137. The van der Waals surface area contributed by atoms with E-state index < -0.39 is 35.1 Å². The van der Waals surface area contributed by atoms with Gasteiger partial charge < -0.3 is 30.5 Å². The van der Waals surface area contributed by atoms with Crippen LogP contribution in [0.1, 0.15) is 108 Å². The maximum absolute atomic E-state index is 16.3. The van der Waals surface area contributed by atoms with E-state index >= 15 is 4.39 Å². The van der Waals surface area contributed by atoms with Crippen LogP contribution in [-0.4, -0.2) is 84.2 Å². The number of nitrogens with one attached hydrogen (secondary N) is 4. The van der Waals surface area contributed by atoms with Crippen LogP contribution in [0.4, 0.5) is 15.8 Å². The zero-order chi connectivity index (χ0) is 47.9. The van der Waals surface area contributed by atoms with Crippen LogP contribution in [0.2, 0.25) is 10.0 Å². The Balaban J connectivity index is 0.850. The summed E-state index contributed by atoms with van der Waals surface area (Å²) >= 11 is 12.9. The molecular formula is C53H53Cl2FN6O6. The fourth-order valence-electron chi connectivity index (χ4n) is 11.7. The lowest BCUT2D eigenvalue weighted by Crippen LogP contribution is -2.52. The summed E-state index contributed by atoms with van der Waals surface area (Å²) < 4.78 is 22.2. The van der Waals surface area contributed by atoms with Crippen molar-refractivity contribution in [1.29, 1.82) is 0 Å². The van der Waals surface area contributed by atoms with Gasteiger partial charge in [-0.15, -0.1) is 0 Å². The average molecular weight is 960 g/mol. The van der Waals surface area contributed by atoms with Crippen LogP contribution in [0.25, 0.3) is 0 Å². The molecule has 352 valence electrons. The molecule has 7 atom stereocenters. The van der Waals surface area contributed by atoms with E-state index in [-0.39, 0.29) is 64.4 Å². The molecule has 2 spiro atoms. The van der Waals surface area contributed by atoms with E-state index in [9.17, 15) is 24.0 Å². The van der Waals surface area contributed by atoms with E-state index in [1.807, 2.05) is 35.2 Å². The van der Waals surface area contributed by atoms with Crippen molar-refractivity contribution < 1.29 is 33.1 Å². The number of rotatable bonds is 7. The Morgan fingerprint density at radius 1 is 1.03 bits per heavy atom. The van der Waals surface area contributed by atoms with Crippen molar-refractivity contribution in [3.05, 3.63) is 122 Å². The molecule has 4 aromatic carbocycles. The molecule has 1 unspecified atom stereocenters. The van der Waals surface area contributed by atoms with Gasteiger partial charge in [-0.05, 0) is 109 Å². The number of methoxy groups -OCH3 is 1. The number of halogens is 3. The van der Waals surface area contributed by atoms with Gasteiger partial charge in [0.2, 0.25) is 17.7 Å². The largest absolute Gasteiger partial charge is 0.495 e. The molecule has 6 aliphatic rings. The molecule has 68 heavy (non-hydrogen) atoms. The number of nitrogens with zero attached hydrogens (tertiary/aromatic N) is 2. The monoisotopic (exact) mass is 958 g/mol. The molecule has 0 aromatic heterocycles. The van der Waals surface area contributed by atoms with Crippen molar-refractivity contribution in [1.82, 2.24) is 20.4 Å². The van der Waals surface area contributed by atoms with Gasteiger partial charge in [-0.1, -0.05) is 74.0 Å². The molecule has 0 radical (unpaired) electrons. The first kappa shape index (κ1) is 45.8. The second kappa shape index (κ2) is 17.2. The van der Waals surface area contributed by atoms with Gasteiger partial charge in [0.25, 0.3) is 11.8 Å². The summed E-state index contributed by atoms with van der Waals surface area (Å²) in [6.07, 6.45) is 3.83. The van der Waals surface area contributed by atoms with E-state index in [4.69, 9.17) is 27.9 Å². The Labute approximate surface area is 405 Å². The average Bonchev–Trinajstić information content (AvgIpc) is 3.51. The topological polar surface area (TPSA) is 149 Å². The summed E-state index contributed by atoms with van der Waals surface area (Å²) in [4.78, 5) is 69.8. The number of ether oxygens (including phenoxy) is 1. The number of amides is 5. The van der Waals surface area contributed by atoms with Crippen LogP contribution in [-0.2, 0) is 26.3 Å². The Morgan fingerprint density at radius 2 is 1.85 bits per heavy atom.